The van der Waals surface area contributed by atoms with E-state index in [0.29, 0.717) is 48.9 Å². The Hall–Kier alpha value is -2.66. The number of methoxy groups -OCH3 is 1. The number of carbonyl (C=O) groups is 1. The smallest absolute Gasteiger partial charge is 0.275 e. The van der Waals surface area contributed by atoms with E-state index in [9.17, 15) is 18.4 Å². The summed E-state index contributed by atoms with van der Waals surface area (Å²) < 4.78 is 37.7. The van der Waals surface area contributed by atoms with Crippen molar-refractivity contribution in [2.24, 2.45) is 0 Å². The number of nitrogens with two attached hydrogens (primary N) is 1. The Bertz CT molecular complexity index is 1030. The molecule has 2 aromatic carbocycles. The van der Waals surface area contributed by atoms with Gasteiger partial charge in [0.25, 0.3) is 5.91 Å². The number of hydrogen-bond acceptors (Lipinski definition) is 8. The van der Waals surface area contributed by atoms with Crippen molar-refractivity contribution >= 4 is 21.4 Å². The van der Waals surface area contributed by atoms with E-state index in [-0.39, 0.29) is 21.9 Å². The number of nitrogens with zero attached hydrogens (tertiary/aromatic N) is 1. The molecule has 0 aliphatic carbocycles. The van der Waals surface area contributed by atoms with E-state index >= 15 is 0 Å². The summed E-state index contributed by atoms with van der Waals surface area (Å²) >= 11 is 0. The van der Waals surface area contributed by atoms with Crippen molar-refractivity contribution in [2.75, 3.05) is 39.1 Å². The van der Waals surface area contributed by atoms with Crippen LogP contribution >= 0.6 is 0 Å². The third-order valence-electron chi connectivity index (χ3n) is 5.10. The first-order chi connectivity index (χ1) is 14.3. The predicted octanol–water partition coefficient (Wildman–Crippen LogP) is 1.37. The van der Waals surface area contributed by atoms with Crippen LogP contribution in [0.2, 0.25) is 0 Å². The summed E-state index contributed by atoms with van der Waals surface area (Å²) in [5.74, 6) is -0.423. The zero-order chi connectivity index (χ0) is 21.9. The molecule has 0 spiro atoms. The largest absolute Gasteiger partial charge is 0.497 e. The molecule has 1 aliphatic heterocycles. The van der Waals surface area contributed by atoms with Crippen LogP contribution in [0, 0.1) is 6.92 Å². The summed E-state index contributed by atoms with van der Waals surface area (Å²) in [6.07, 6.45) is 0. The number of hydrogen-bond donors (Lipinski definition) is 3. The number of nitrogen functional groups attached to an aromatic ring is 1. The van der Waals surface area contributed by atoms with Gasteiger partial charge in [-0.3, -0.25) is 14.9 Å². The second kappa shape index (κ2) is 9.00. The number of ether oxygens (including phenoxy) is 2. The Morgan fingerprint density at radius 3 is 2.47 bits per heavy atom. The van der Waals surface area contributed by atoms with Crippen LogP contribution < -0.4 is 16.0 Å². The van der Waals surface area contributed by atoms with Gasteiger partial charge in [-0.25, -0.2) is 13.9 Å². The van der Waals surface area contributed by atoms with Gasteiger partial charge in [0.05, 0.1) is 35.7 Å². The maximum atomic E-state index is 13.6. The van der Waals surface area contributed by atoms with Gasteiger partial charge in [-0.1, -0.05) is 0 Å². The lowest BCUT2D eigenvalue weighted by Crippen LogP contribution is -2.36. The third-order valence-corrected chi connectivity index (χ3v) is 7.00. The quantitative estimate of drug-likeness (QED) is 0.352. The molecule has 1 heterocycles. The molecule has 0 saturated carbocycles. The van der Waals surface area contributed by atoms with Crippen LogP contribution in [0.15, 0.2) is 40.1 Å². The minimum absolute atomic E-state index is 0.0122. The number of hydroxylamine groups is 1. The predicted molar refractivity (Wildman–Crippen MR) is 109 cm³/mol. The average Bonchev–Trinajstić information content (AvgIpc) is 2.76. The zero-order valence-corrected chi connectivity index (χ0v) is 17.7. The van der Waals surface area contributed by atoms with Crippen molar-refractivity contribution < 1.29 is 27.9 Å². The van der Waals surface area contributed by atoms with E-state index < -0.39 is 15.7 Å². The molecule has 30 heavy (non-hydrogen) atoms. The first kappa shape index (κ1) is 22.0. The van der Waals surface area contributed by atoms with Gasteiger partial charge in [-0.15, -0.1) is 0 Å². The number of rotatable bonds is 6. The number of amides is 1. The van der Waals surface area contributed by atoms with Gasteiger partial charge in [-0.05, 0) is 42.8 Å². The van der Waals surface area contributed by atoms with E-state index in [0.717, 1.165) is 0 Å². The molecular weight excluding hydrogens is 410 g/mol. The molecule has 162 valence electrons. The lowest BCUT2D eigenvalue weighted by atomic mass is 10.0. The third kappa shape index (κ3) is 4.26. The van der Waals surface area contributed by atoms with Crippen LogP contribution in [0.25, 0.3) is 0 Å². The molecule has 1 fully saturated rings. The first-order valence-corrected chi connectivity index (χ1v) is 10.8. The fourth-order valence-corrected chi connectivity index (χ4v) is 5.10. The number of carbonyl (C=O) groups excluding carboxylic acids is 1. The molecule has 1 aliphatic rings. The molecule has 0 unspecified atom stereocenters. The average molecular weight is 436 g/mol. The Morgan fingerprint density at radius 1 is 1.27 bits per heavy atom. The highest BCUT2D eigenvalue weighted by Crippen LogP contribution is 2.35. The van der Waals surface area contributed by atoms with Gasteiger partial charge < -0.3 is 15.2 Å². The van der Waals surface area contributed by atoms with Crippen molar-refractivity contribution in [1.29, 1.82) is 0 Å². The standard InChI is InChI=1S/C20H25N3O6S/c1-13-11-16(20(24)22-25)19(17(18(13)21)12-23-7-9-29-10-8-23)30(26,27)15-5-3-14(28-2)4-6-15/h3-6,11,25H,7-10,12,21H2,1-2H3,(H,22,24). The highest BCUT2D eigenvalue weighted by Gasteiger charge is 2.31. The minimum atomic E-state index is -4.14. The summed E-state index contributed by atoms with van der Waals surface area (Å²) in [7, 11) is -2.66. The van der Waals surface area contributed by atoms with Crippen LogP contribution in [-0.2, 0) is 21.1 Å². The molecule has 0 atom stereocenters. The van der Waals surface area contributed by atoms with E-state index in [2.05, 4.69) is 0 Å². The van der Waals surface area contributed by atoms with Gasteiger partial charge in [0.2, 0.25) is 9.84 Å². The highest BCUT2D eigenvalue weighted by atomic mass is 32.2. The van der Waals surface area contributed by atoms with Gasteiger partial charge in [0, 0.05) is 30.9 Å². The SMILES string of the molecule is COc1ccc(S(=O)(=O)c2c(C(=O)NO)cc(C)c(N)c2CN2CCOCC2)cc1. The molecule has 10 heteroatoms. The molecule has 2 aromatic rings. The van der Waals surface area contributed by atoms with Crippen molar-refractivity contribution in [3.8, 4) is 5.75 Å². The Balaban J connectivity index is 2.22. The maximum Gasteiger partial charge on any atom is 0.275 e. The molecular formula is C20H25N3O6S. The number of aryl methyl sites for hydroxylation is 1. The lowest BCUT2D eigenvalue weighted by molar-refractivity contribution is 0.0339. The van der Waals surface area contributed by atoms with Crippen LogP contribution in [0.4, 0.5) is 5.69 Å². The summed E-state index contributed by atoms with van der Waals surface area (Å²) in [6, 6.07) is 7.24. The molecule has 0 radical (unpaired) electrons. The Kier molecular flexibility index (Phi) is 6.61. The lowest BCUT2D eigenvalue weighted by Gasteiger charge is -2.29. The van der Waals surface area contributed by atoms with E-state index in [1.165, 1.54) is 37.4 Å². The Labute approximate surface area is 175 Å². The molecule has 0 aromatic heterocycles. The second-order valence-electron chi connectivity index (χ2n) is 6.97. The number of sulfone groups is 1. The number of benzene rings is 2. The van der Waals surface area contributed by atoms with Crippen molar-refractivity contribution in [1.82, 2.24) is 10.4 Å². The second-order valence-corrected chi connectivity index (χ2v) is 8.86. The van der Waals surface area contributed by atoms with Crippen LogP contribution in [0.3, 0.4) is 0 Å². The normalized spacial score (nSPS) is 15.0. The van der Waals surface area contributed by atoms with E-state index in [1.807, 2.05) is 4.90 Å². The summed E-state index contributed by atoms with van der Waals surface area (Å²) in [6.45, 7) is 4.18. The number of morpholine rings is 1. The minimum Gasteiger partial charge on any atom is -0.497 e. The summed E-state index contributed by atoms with van der Waals surface area (Å²) in [4.78, 5) is 14.2. The van der Waals surface area contributed by atoms with Gasteiger partial charge >= 0.3 is 0 Å². The summed E-state index contributed by atoms with van der Waals surface area (Å²) in [5, 5.41) is 9.22. The van der Waals surface area contributed by atoms with Crippen LogP contribution in [0.1, 0.15) is 21.5 Å². The van der Waals surface area contributed by atoms with Gasteiger partial charge in [-0.2, -0.15) is 0 Å². The monoisotopic (exact) mass is 435 g/mol. The molecule has 0 bridgehead atoms. The van der Waals surface area contributed by atoms with Crippen molar-refractivity contribution in [2.45, 2.75) is 23.3 Å². The molecule has 3 rings (SSSR count). The molecule has 9 nitrogen and oxygen atoms in total. The highest BCUT2D eigenvalue weighted by molar-refractivity contribution is 7.91. The molecule has 4 N–H and O–H groups in total. The van der Waals surface area contributed by atoms with Crippen molar-refractivity contribution in [3.05, 3.63) is 47.0 Å². The van der Waals surface area contributed by atoms with Crippen LogP contribution in [0.5, 0.6) is 5.75 Å². The maximum absolute atomic E-state index is 13.6. The zero-order valence-electron chi connectivity index (χ0n) is 16.8. The number of anilines is 1. The number of nitrogens with one attached hydrogen (secondary N) is 1. The van der Waals surface area contributed by atoms with E-state index in [1.54, 1.807) is 12.4 Å². The fourth-order valence-electron chi connectivity index (χ4n) is 3.43. The Morgan fingerprint density at radius 2 is 1.90 bits per heavy atom. The van der Waals surface area contributed by atoms with Gasteiger partial charge in [0.1, 0.15) is 5.75 Å². The molecule has 1 saturated heterocycles. The van der Waals surface area contributed by atoms with Gasteiger partial charge in [0.15, 0.2) is 0 Å². The van der Waals surface area contributed by atoms with Crippen molar-refractivity contribution in [3.63, 3.8) is 0 Å². The summed E-state index contributed by atoms with van der Waals surface area (Å²) in [5.41, 5.74) is 8.84. The topological polar surface area (TPSA) is 131 Å². The van der Waals surface area contributed by atoms with Crippen LogP contribution in [-0.4, -0.2) is 57.8 Å². The first-order valence-electron chi connectivity index (χ1n) is 9.35. The fraction of sp³-hybridized carbons (Fsp3) is 0.350. The molecule has 1 amide bonds. The van der Waals surface area contributed by atoms with E-state index in [4.69, 9.17) is 15.2 Å².